The fraction of sp³-hybridized carbons (Fsp3) is 0.667. The summed E-state index contributed by atoms with van der Waals surface area (Å²) in [6.45, 7) is 5.70. The Kier molecular flexibility index (Phi) is 4.91. The van der Waals surface area contributed by atoms with Crippen molar-refractivity contribution in [1.29, 1.82) is 5.26 Å². The van der Waals surface area contributed by atoms with Crippen molar-refractivity contribution in [3.63, 3.8) is 0 Å². The van der Waals surface area contributed by atoms with Gasteiger partial charge in [0.15, 0.2) is 5.82 Å². The van der Waals surface area contributed by atoms with Gasteiger partial charge in [0.25, 0.3) is 0 Å². The van der Waals surface area contributed by atoms with Gasteiger partial charge in [-0.05, 0) is 31.2 Å². The first-order chi connectivity index (χ1) is 9.71. The molecule has 0 N–H and O–H groups in total. The second kappa shape index (κ2) is 6.67. The third-order valence-corrected chi connectivity index (χ3v) is 3.80. The first-order valence-corrected chi connectivity index (χ1v) is 7.32. The summed E-state index contributed by atoms with van der Waals surface area (Å²) in [5.41, 5.74) is 2.62. The molecule has 2 rings (SSSR count). The first kappa shape index (κ1) is 14.7. The molecule has 1 saturated heterocycles. The number of ether oxygens (including phenoxy) is 1. The van der Waals surface area contributed by atoms with E-state index >= 15 is 0 Å². The van der Waals surface area contributed by atoms with Crippen LogP contribution in [0, 0.1) is 11.3 Å². The molecule has 0 spiro atoms. The Balaban J connectivity index is 2.28. The summed E-state index contributed by atoms with van der Waals surface area (Å²) < 4.78 is 5.65. The van der Waals surface area contributed by atoms with Crippen LogP contribution in [0.15, 0.2) is 0 Å². The number of hydrogen-bond acceptors (Lipinski definition) is 5. The molecule has 1 fully saturated rings. The highest BCUT2D eigenvalue weighted by Crippen LogP contribution is 2.24. The molecule has 0 aromatic carbocycles. The minimum atomic E-state index is 0.240. The summed E-state index contributed by atoms with van der Waals surface area (Å²) in [6.07, 6.45) is 4.05. The number of aromatic nitrogens is 2. The quantitative estimate of drug-likeness (QED) is 0.822. The topological polar surface area (TPSA) is 62.0 Å². The van der Waals surface area contributed by atoms with Crippen molar-refractivity contribution < 1.29 is 4.74 Å². The van der Waals surface area contributed by atoms with E-state index in [9.17, 15) is 5.26 Å². The van der Waals surface area contributed by atoms with Gasteiger partial charge in [-0.1, -0.05) is 13.8 Å². The van der Waals surface area contributed by atoms with Crippen molar-refractivity contribution in [3.05, 3.63) is 16.8 Å². The average molecular weight is 274 g/mol. The molecule has 5 nitrogen and oxygen atoms in total. The van der Waals surface area contributed by atoms with E-state index in [2.05, 4.69) is 23.2 Å². The molecule has 108 valence electrons. The van der Waals surface area contributed by atoms with Gasteiger partial charge in [0.1, 0.15) is 11.6 Å². The van der Waals surface area contributed by atoms with Gasteiger partial charge in [-0.15, -0.1) is 5.10 Å². The normalized spacial score (nSPS) is 18.0. The van der Waals surface area contributed by atoms with E-state index in [1.165, 1.54) is 0 Å². The zero-order valence-corrected chi connectivity index (χ0v) is 12.5. The summed E-state index contributed by atoms with van der Waals surface area (Å²) >= 11 is 0. The lowest BCUT2D eigenvalue weighted by molar-refractivity contribution is 0.116. The molecule has 2 heterocycles. The molecule has 0 saturated carbocycles. The molecule has 1 atom stereocenters. The fourth-order valence-corrected chi connectivity index (χ4v) is 2.73. The van der Waals surface area contributed by atoms with Crippen molar-refractivity contribution in [3.8, 4) is 6.07 Å². The van der Waals surface area contributed by atoms with Gasteiger partial charge >= 0.3 is 0 Å². The molecular formula is C15H22N4O. The van der Waals surface area contributed by atoms with Gasteiger partial charge in [-0.25, -0.2) is 0 Å². The minimum absolute atomic E-state index is 0.240. The Bertz CT molecular complexity index is 503. The standard InChI is InChI=1S/C15H22N4O/c1-4-12-13(9-16)15(18-17-14(12)5-2)19(3)10-11-7-6-8-20-11/h11H,4-8,10H2,1-3H3. The van der Waals surface area contributed by atoms with Crippen LogP contribution in [0.3, 0.4) is 0 Å². The van der Waals surface area contributed by atoms with Crippen LogP contribution in [0.5, 0.6) is 0 Å². The van der Waals surface area contributed by atoms with Gasteiger partial charge in [0.05, 0.1) is 11.8 Å². The Hall–Kier alpha value is -1.67. The Morgan fingerprint density at radius 1 is 1.35 bits per heavy atom. The van der Waals surface area contributed by atoms with Gasteiger partial charge in [-0.3, -0.25) is 0 Å². The number of nitrogens with zero attached hydrogens (tertiary/aromatic N) is 4. The number of anilines is 1. The van der Waals surface area contributed by atoms with E-state index in [1.807, 2.05) is 18.9 Å². The summed E-state index contributed by atoms with van der Waals surface area (Å²) in [7, 11) is 1.96. The second-order valence-electron chi connectivity index (χ2n) is 5.16. The lowest BCUT2D eigenvalue weighted by Gasteiger charge is -2.23. The maximum atomic E-state index is 9.48. The predicted octanol–water partition coefficient (Wildman–Crippen LogP) is 2.09. The molecule has 0 bridgehead atoms. The van der Waals surface area contributed by atoms with E-state index in [4.69, 9.17) is 4.74 Å². The molecule has 0 amide bonds. The molecule has 20 heavy (non-hydrogen) atoms. The molecule has 0 radical (unpaired) electrons. The number of hydrogen-bond donors (Lipinski definition) is 0. The number of nitriles is 1. The van der Waals surface area contributed by atoms with Gasteiger partial charge in [-0.2, -0.15) is 10.4 Å². The van der Waals surface area contributed by atoms with Crippen molar-refractivity contribution in [2.24, 2.45) is 0 Å². The number of aryl methyl sites for hydroxylation is 1. The smallest absolute Gasteiger partial charge is 0.169 e. The van der Waals surface area contributed by atoms with Crippen LogP contribution in [-0.4, -0.2) is 36.5 Å². The fourth-order valence-electron chi connectivity index (χ4n) is 2.73. The van der Waals surface area contributed by atoms with Crippen LogP contribution in [0.1, 0.15) is 43.5 Å². The zero-order valence-electron chi connectivity index (χ0n) is 12.5. The average Bonchev–Trinajstić information content (AvgIpc) is 2.98. The van der Waals surface area contributed by atoms with Crippen molar-refractivity contribution in [2.75, 3.05) is 25.1 Å². The highest BCUT2D eigenvalue weighted by Gasteiger charge is 2.22. The van der Waals surface area contributed by atoms with Crippen LogP contribution in [-0.2, 0) is 17.6 Å². The Morgan fingerprint density at radius 3 is 2.70 bits per heavy atom. The van der Waals surface area contributed by atoms with Gasteiger partial charge < -0.3 is 9.64 Å². The van der Waals surface area contributed by atoms with Crippen molar-refractivity contribution in [1.82, 2.24) is 10.2 Å². The Labute approximate surface area is 120 Å². The van der Waals surface area contributed by atoms with Crippen LogP contribution in [0.4, 0.5) is 5.82 Å². The van der Waals surface area contributed by atoms with Crippen LogP contribution in [0.2, 0.25) is 0 Å². The first-order valence-electron chi connectivity index (χ1n) is 7.32. The molecular weight excluding hydrogens is 252 g/mol. The molecule has 5 heteroatoms. The predicted molar refractivity (Wildman–Crippen MR) is 77.7 cm³/mol. The van der Waals surface area contributed by atoms with Crippen LogP contribution in [0.25, 0.3) is 0 Å². The van der Waals surface area contributed by atoms with E-state index < -0.39 is 0 Å². The van der Waals surface area contributed by atoms with E-state index in [0.29, 0.717) is 11.4 Å². The third kappa shape index (κ3) is 2.91. The Morgan fingerprint density at radius 2 is 2.15 bits per heavy atom. The van der Waals surface area contributed by atoms with Crippen LogP contribution < -0.4 is 4.90 Å². The molecule has 1 aliphatic heterocycles. The monoisotopic (exact) mass is 274 g/mol. The maximum absolute atomic E-state index is 9.48. The van der Waals surface area contributed by atoms with Gasteiger partial charge in [0, 0.05) is 20.2 Å². The molecule has 1 unspecified atom stereocenters. The van der Waals surface area contributed by atoms with E-state index in [1.54, 1.807) is 0 Å². The lowest BCUT2D eigenvalue weighted by atomic mass is 10.0. The molecule has 1 aromatic heterocycles. The largest absolute Gasteiger partial charge is 0.376 e. The summed E-state index contributed by atoms with van der Waals surface area (Å²) in [5.74, 6) is 0.678. The number of rotatable bonds is 5. The second-order valence-corrected chi connectivity index (χ2v) is 5.16. The molecule has 1 aromatic rings. The van der Waals surface area contributed by atoms with Crippen molar-refractivity contribution in [2.45, 2.75) is 45.6 Å². The molecule has 1 aliphatic rings. The van der Waals surface area contributed by atoms with Crippen molar-refractivity contribution >= 4 is 5.82 Å². The summed E-state index contributed by atoms with van der Waals surface area (Å²) in [5, 5.41) is 18.0. The zero-order chi connectivity index (χ0) is 14.5. The van der Waals surface area contributed by atoms with E-state index in [0.717, 1.165) is 50.1 Å². The summed E-state index contributed by atoms with van der Waals surface area (Å²) in [4.78, 5) is 2.00. The molecule has 0 aliphatic carbocycles. The highest BCUT2D eigenvalue weighted by atomic mass is 16.5. The SMILES string of the molecule is CCc1nnc(N(C)CC2CCCO2)c(C#N)c1CC. The number of likely N-dealkylation sites (N-methyl/N-ethyl adjacent to an activating group) is 1. The lowest BCUT2D eigenvalue weighted by Crippen LogP contribution is -2.30. The van der Waals surface area contributed by atoms with E-state index in [-0.39, 0.29) is 6.10 Å². The third-order valence-electron chi connectivity index (χ3n) is 3.80. The maximum Gasteiger partial charge on any atom is 0.169 e. The summed E-state index contributed by atoms with van der Waals surface area (Å²) in [6, 6.07) is 2.31. The highest BCUT2D eigenvalue weighted by molar-refractivity contribution is 5.57. The van der Waals surface area contributed by atoms with Crippen LogP contribution >= 0.6 is 0 Å². The van der Waals surface area contributed by atoms with Gasteiger partial charge in [0.2, 0.25) is 0 Å². The minimum Gasteiger partial charge on any atom is -0.376 e.